The standard InChI is InChI=1S/C14H16FN5/c1-3-20(12-7-5-4-6-10(12)15)14-18-9(2)8-11(19-14)13(16)17/h4-8H,3H2,1-2H3,(H3,16,17). The molecular weight excluding hydrogens is 257 g/mol. The topological polar surface area (TPSA) is 78.9 Å². The molecule has 0 aliphatic heterocycles. The zero-order valence-corrected chi connectivity index (χ0v) is 11.4. The van der Waals surface area contributed by atoms with E-state index in [0.717, 1.165) is 0 Å². The third-order valence-corrected chi connectivity index (χ3v) is 2.82. The molecule has 1 aromatic heterocycles. The van der Waals surface area contributed by atoms with Crippen LogP contribution in [0.3, 0.4) is 0 Å². The van der Waals surface area contributed by atoms with Crippen molar-refractivity contribution in [3.8, 4) is 0 Å². The fourth-order valence-corrected chi connectivity index (χ4v) is 1.90. The summed E-state index contributed by atoms with van der Waals surface area (Å²) in [6.07, 6.45) is 0. The van der Waals surface area contributed by atoms with E-state index >= 15 is 0 Å². The lowest BCUT2D eigenvalue weighted by Gasteiger charge is -2.22. The van der Waals surface area contributed by atoms with Crippen molar-refractivity contribution in [3.63, 3.8) is 0 Å². The summed E-state index contributed by atoms with van der Waals surface area (Å²) in [7, 11) is 0. The number of para-hydroxylation sites is 1. The Morgan fingerprint density at radius 2 is 2.05 bits per heavy atom. The minimum atomic E-state index is -0.344. The van der Waals surface area contributed by atoms with Crippen molar-refractivity contribution in [1.82, 2.24) is 9.97 Å². The number of benzene rings is 1. The zero-order chi connectivity index (χ0) is 14.7. The van der Waals surface area contributed by atoms with Crippen molar-refractivity contribution >= 4 is 17.5 Å². The predicted molar refractivity (Wildman–Crippen MR) is 76.9 cm³/mol. The molecule has 0 unspecified atom stereocenters. The van der Waals surface area contributed by atoms with Gasteiger partial charge < -0.3 is 10.6 Å². The maximum atomic E-state index is 13.9. The number of amidine groups is 1. The summed E-state index contributed by atoms with van der Waals surface area (Å²) in [5.74, 6) is -0.145. The fourth-order valence-electron chi connectivity index (χ4n) is 1.90. The Bertz CT molecular complexity index is 641. The fraction of sp³-hybridized carbons (Fsp3) is 0.214. The highest BCUT2D eigenvalue weighted by Crippen LogP contribution is 2.25. The monoisotopic (exact) mass is 273 g/mol. The molecule has 0 aliphatic carbocycles. The number of aromatic nitrogens is 2. The van der Waals surface area contributed by atoms with Crippen LogP contribution in [-0.2, 0) is 0 Å². The van der Waals surface area contributed by atoms with Crippen molar-refractivity contribution in [2.75, 3.05) is 11.4 Å². The van der Waals surface area contributed by atoms with Crippen LogP contribution in [0, 0.1) is 18.2 Å². The van der Waals surface area contributed by atoms with Crippen molar-refractivity contribution in [3.05, 3.63) is 47.5 Å². The Labute approximate surface area is 116 Å². The molecule has 0 spiro atoms. The van der Waals surface area contributed by atoms with Gasteiger partial charge in [-0.15, -0.1) is 0 Å². The van der Waals surface area contributed by atoms with E-state index in [1.165, 1.54) is 6.07 Å². The first kappa shape index (κ1) is 13.9. The van der Waals surface area contributed by atoms with E-state index < -0.39 is 0 Å². The maximum absolute atomic E-state index is 13.9. The maximum Gasteiger partial charge on any atom is 0.230 e. The molecular formula is C14H16FN5. The number of nitrogens with two attached hydrogens (primary N) is 1. The van der Waals surface area contributed by atoms with Gasteiger partial charge in [0.25, 0.3) is 0 Å². The normalized spacial score (nSPS) is 10.3. The van der Waals surface area contributed by atoms with Gasteiger partial charge in [-0.05, 0) is 32.0 Å². The van der Waals surface area contributed by atoms with Gasteiger partial charge in [0.1, 0.15) is 17.3 Å². The van der Waals surface area contributed by atoms with Crippen LogP contribution in [0.15, 0.2) is 30.3 Å². The minimum absolute atomic E-state index is 0.138. The number of hydrogen-bond acceptors (Lipinski definition) is 4. The Kier molecular flexibility index (Phi) is 3.93. The van der Waals surface area contributed by atoms with Crippen LogP contribution in [0.25, 0.3) is 0 Å². The molecule has 6 heteroatoms. The van der Waals surface area contributed by atoms with Gasteiger partial charge >= 0.3 is 0 Å². The molecule has 0 saturated carbocycles. The van der Waals surface area contributed by atoms with E-state index in [-0.39, 0.29) is 11.7 Å². The number of hydrogen-bond donors (Lipinski definition) is 2. The molecule has 5 nitrogen and oxygen atoms in total. The van der Waals surface area contributed by atoms with Crippen molar-refractivity contribution < 1.29 is 4.39 Å². The van der Waals surface area contributed by atoms with Crippen molar-refractivity contribution in [2.45, 2.75) is 13.8 Å². The molecule has 1 aromatic carbocycles. The quantitative estimate of drug-likeness (QED) is 0.662. The molecule has 20 heavy (non-hydrogen) atoms. The number of rotatable bonds is 4. The first-order valence-electron chi connectivity index (χ1n) is 6.25. The SMILES string of the molecule is CCN(c1nc(C)cc(C(=N)N)n1)c1ccccc1F. The van der Waals surface area contributed by atoms with E-state index in [1.54, 1.807) is 36.1 Å². The molecule has 0 saturated heterocycles. The first-order valence-corrected chi connectivity index (χ1v) is 6.25. The predicted octanol–water partition coefficient (Wildman–Crippen LogP) is 2.37. The van der Waals surface area contributed by atoms with E-state index in [9.17, 15) is 4.39 Å². The summed E-state index contributed by atoms with van der Waals surface area (Å²) < 4.78 is 13.9. The lowest BCUT2D eigenvalue weighted by atomic mass is 10.2. The zero-order valence-electron chi connectivity index (χ0n) is 11.4. The molecule has 3 N–H and O–H groups in total. The highest BCUT2D eigenvalue weighted by atomic mass is 19.1. The number of halogens is 1. The summed E-state index contributed by atoms with van der Waals surface area (Å²) >= 11 is 0. The molecule has 104 valence electrons. The van der Waals surface area contributed by atoms with Crippen LogP contribution >= 0.6 is 0 Å². The van der Waals surface area contributed by atoms with E-state index in [0.29, 0.717) is 29.6 Å². The smallest absolute Gasteiger partial charge is 0.230 e. The lowest BCUT2D eigenvalue weighted by molar-refractivity contribution is 0.624. The van der Waals surface area contributed by atoms with Gasteiger partial charge in [-0.1, -0.05) is 12.1 Å². The third-order valence-electron chi connectivity index (χ3n) is 2.82. The van der Waals surface area contributed by atoms with Crippen LogP contribution in [0.4, 0.5) is 16.0 Å². The number of aryl methyl sites for hydroxylation is 1. The second kappa shape index (κ2) is 5.64. The minimum Gasteiger partial charge on any atom is -0.382 e. The Hall–Kier alpha value is -2.50. The largest absolute Gasteiger partial charge is 0.382 e. The van der Waals surface area contributed by atoms with E-state index in [2.05, 4.69) is 9.97 Å². The number of anilines is 2. The average Bonchev–Trinajstić information content (AvgIpc) is 2.41. The second-order valence-electron chi connectivity index (χ2n) is 4.30. The average molecular weight is 273 g/mol. The van der Waals surface area contributed by atoms with E-state index in [4.69, 9.17) is 11.1 Å². The van der Waals surface area contributed by atoms with Crippen LogP contribution in [0.1, 0.15) is 18.3 Å². The molecule has 0 bridgehead atoms. The highest BCUT2D eigenvalue weighted by molar-refractivity contribution is 5.93. The molecule has 0 amide bonds. The summed E-state index contributed by atoms with van der Waals surface area (Å²) in [6, 6.07) is 8.06. The molecule has 2 rings (SSSR count). The third kappa shape index (κ3) is 2.74. The van der Waals surface area contributed by atoms with Gasteiger partial charge in [-0.25, -0.2) is 14.4 Å². The second-order valence-corrected chi connectivity index (χ2v) is 4.30. The van der Waals surface area contributed by atoms with Crippen LogP contribution in [0.5, 0.6) is 0 Å². The van der Waals surface area contributed by atoms with E-state index in [1.807, 2.05) is 6.92 Å². The Morgan fingerprint density at radius 1 is 1.35 bits per heavy atom. The Balaban J connectivity index is 2.52. The molecule has 0 radical (unpaired) electrons. The summed E-state index contributed by atoms with van der Waals surface area (Å²) in [5, 5.41) is 7.47. The van der Waals surface area contributed by atoms with Gasteiger partial charge in [0.15, 0.2) is 0 Å². The number of nitrogens with zero attached hydrogens (tertiary/aromatic N) is 3. The molecule has 0 atom stereocenters. The van der Waals surface area contributed by atoms with Crippen LogP contribution < -0.4 is 10.6 Å². The molecule has 1 heterocycles. The number of nitrogens with one attached hydrogen (secondary N) is 1. The number of nitrogen functional groups attached to an aromatic ring is 1. The van der Waals surface area contributed by atoms with Gasteiger partial charge in [-0.2, -0.15) is 0 Å². The van der Waals surface area contributed by atoms with Gasteiger partial charge in [0.05, 0.1) is 5.69 Å². The molecule has 0 aliphatic rings. The molecule has 2 aromatic rings. The Morgan fingerprint density at radius 3 is 2.65 bits per heavy atom. The summed E-state index contributed by atoms with van der Waals surface area (Å²) in [4.78, 5) is 10.2. The summed E-state index contributed by atoms with van der Waals surface area (Å²) in [6.45, 7) is 4.17. The van der Waals surface area contributed by atoms with Crippen LogP contribution in [0.2, 0.25) is 0 Å². The summed E-state index contributed by atoms with van der Waals surface area (Å²) in [5.41, 5.74) is 6.87. The van der Waals surface area contributed by atoms with Gasteiger partial charge in [0, 0.05) is 12.2 Å². The highest BCUT2D eigenvalue weighted by Gasteiger charge is 2.15. The van der Waals surface area contributed by atoms with Gasteiger partial charge in [0.2, 0.25) is 5.95 Å². The van der Waals surface area contributed by atoms with Crippen molar-refractivity contribution in [2.24, 2.45) is 5.73 Å². The molecule has 0 fully saturated rings. The lowest BCUT2D eigenvalue weighted by Crippen LogP contribution is -2.23. The van der Waals surface area contributed by atoms with Gasteiger partial charge in [-0.3, -0.25) is 5.41 Å². The first-order chi connectivity index (χ1) is 9.52. The van der Waals surface area contributed by atoms with Crippen LogP contribution in [-0.4, -0.2) is 22.3 Å². The van der Waals surface area contributed by atoms with Crippen molar-refractivity contribution in [1.29, 1.82) is 5.41 Å².